The van der Waals surface area contributed by atoms with Gasteiger partial charge in [0.05, 0.1) is 30.5 Å². The van der Waals surface area contributed by atoms with Gasteiger partial charge in [0, 0.05) is 11.1 Å². The number of aromatic nitrogens is 2. The van der Waals surface area contributed by atoms with E-state index in [1.807, 2.05) is 42.5 Å². The van der Waals surface area contributed by atoms with Crippen LogP contribution in [0.5, 0.6) is 5.75 Å². The molecule has 2 heterocycles. The average Bonchev–Trinajstić information content (AvgIpc) is 3.20. The van der Waals surface area contributed by atoms with Crippen molar-refractivity contribution in [3.8, 4) is 5.75 Å². The van der Waals surface area contributed by atoms with Crippen LogP contribution in [-0.2, 0) is 6.54 Å². The number of nitrogens with zero attached hydrogens (tertiary/aromatic N) is 2. The lowest BCUT2D eigenvalue weighted by Crippen LogP contribution is -2.05. The Bertz CT molecular complexity index is 1070. The molecule has 0 aliphatic carbocycles. The standard InChI is InChI=1S/C20H17ClN4O2/c1-26-18-9-8-13(11-16(18)21)23-20-24-17-7-3-2-6-15(17)19(25-20)22-12-14-5-4-10-27-14/h2-11H,12H2,1H3,(H2,22,23,24,25). The van der Waals surface area contributed by atoms with E-state index < -0.39 is 0 Å². The summed E-state index contributed by atoms with van der Waals surface area (Å²) >= 11 is 6.20. The fourth-order valence-corrected chi connectivity index (χ4v) is 2.98. The van der Waals surface area contributed by atoms with E-state index in [2.05, 4.69) is 20.6 Å². The van der Waals surface area contributed by atoms with Crippen molar-refractivity contribution in [2.75, 3.05) is 17.7 Å². The predicted octanol–water partition coefficient (Wildman–Crippen LogP) is 5.24. The molecule has 7 heteroatoms. The maximum Gasteiger partial charge on any atom is 0.229 e. The lowest BCUT2D eigenvalue weighted by molar-refractivity contribution is 0.415. The third-order valence-electron chi connectivity index (χ3n) is 4.02. The Morgan fingerprint density at radius 1 is 1.07 bits per heavy atom. The van der Waals surface area contributed by atoms with Crippen LogP contribution >= 0.6 is 11.6 Å². The molecule has 0 saturated heterocycles. The highest BCUT2D eigenvalue weighted by Crippen LogP contribution is 2.29. The summed E-state index contributed by atoms with van der Waals surface area (Å²) < 4.78 is 10.6. The fraction of sp³-hybridized carbons (Fsp3) is 0.100. The number of ether oxygens (including phenoxy) is 1. The Hall–Kier alpha value is -3.25. The number of rotatable bonds is 6. The minimum atomic E-state index is 0.469. The molecule has 0 bridgehead atoms. The molecule has 0 unspecified atom stereocenters. The van der Waals surface area contributed by atoms with Crippen molar-refractivity contribution in [3.05, 3.63) is 71.6 Å². The average molecular weight is 381 g/mol. The van der Waals surface area contributed by atoms with Crippen LogP contribution in [-0.4, -0.2) is 17.1 Å². The number of methoxy groups -OCH3 is 1. The topological polar surface area (TPSA) is 72.2 Å². The normalized spacial score (nSPS) is 10.7. The summed E-state index contributed by atoms with van der Waals surface area (Å²) in [5.41, 5.74) is 1.60. The zero-order valence-electron chi connectivity index (χ0n) is 14.6. The van der Waals surface area contributed by atoms with Crippen molar-refractivity contribution in [1.29, 1.82) is 0 Å². The molecule has 6 nitrogen and oxygen atoms in total. The second-order valence-corrected chi connectivity index (χ2v) is 6.23. The van der Waals surface area contributed by atoms with Gasteiger partial charge in [-0.05, 0) is 42.5 Å². The number of nitrogens with one attached hydrogen (secondary N) is 2. The summed E-state index contributed by atoms with van der Waals surface area (Å²) in [4.78, 5) is 9.21. The molecule has 0 spiro atoms. The highest BCUT2D eigenvalue weighted by Gasteiger charge is 2.09. The van der Waals surface area contributed by atoms with Crippen LogP contribution in [0.1, 0.15) is 5.76 Å². The number of fused-ring (bicyclic) bond motifs is 1. The zero-order chi connectivity index (χ0) is 18.6. The molecular formula is C20H17ClN4O2. The molecule has 0 saturated carbocycles. The molecule has 0 aliphatic rings. The third kappa shape index (κ3) is 3.80. The monoisotopic (exact) mass is 380 g/mol. The Morgan fingerprint density at radius 2 is 1.96 bits per heavy atom. The summed E-state index contributed by atoms with van der Waals surface area (Å²) in [6, 6.07) is 17.0. The van der Waals surface area contributed by atoms with Gasteiger partial charge in [0.15, 0.2) is 0 Å². The molecule has 0 atom stereocenters. The summed E-state index contributed by atoms with van der Waals surface area (Å²) in [7, 11) is 1.58. The smallest absolute Gasteiger partial charge is 0.229 e. The number of anilines is 3. The molecule has 2 aromatic heterocycles. The van der Waals surface area contributed by atoms with Gasteiger partial charge in [-0.25, -0.2) is 4.98 Å². The second-order valence-electron chi connectivity index (χ2n) is 5.82. The van der Waals surface area contributed by atoms with E-state index in [9.17, 15) is 0 Å². The fourth-order valence-electron chi connectivity index (χ4n) is 2.72. The van der Waals surface area contributed by atoms with Crippen molar-refractivity contribution in [2.45, 2.75) is 6.54 Å². The molecule has 2 N–H and O–H groups in total. The maximum atomic E-state index is 6.20. The Morgan fingerprint density at radius 3 is 2.74 bits per heavy atom. The molecule has 0 radical (unpaired) electrons. The van der Waals surface area contributed by atoms with Crippen LogP contribution < -0.4 is 15.4 Å². The minimum absolute atomic E-state index is 0.469. The van der Waals surface area contributed by atoms with Crippen LogP contribution in [0.4, 0.5) is 17.5 Å². The van der Waals surface area contributed by atoms with Gasteiger partial charge >= 0.3 is 0 Å². The summed E-state index contributed by atoms with van der Waals surface area (Å²) in [5, 5.41) is 7.96. The van der Waals surface area contributed by atoms with Gasteiger partial charge in [0.25, 0.3) is 0 Å². The van der Waals surface area contributed by atoms with Gasteiger partial charge < -0.3 is 19.8 Å². The molecule has 27 heavy (non-hydrogen) atoms. The minimum Gasteiger partial charge on any atom is -0.495 e. The Kier molecular flexibility index (Phi) is 4.80. The summed E-state index contributed by atoms with van der Waals surface area (Å²) in [5.74, 6) is 2.63. The molecule has 0 fully saturated rings. The van der Waals surface area contributed by atoms with E-state index in [1.165, 1.54) is 0 Å². The maximum absolute atomic E-state index is 6.20. The third-order valence-corrected chi connectivity index (χ3v) is 4.32. The van der Waals surface area contributed by atoms with Crippen LogP contribution in [0.15, 0.2) is 65.3 Å². The van der Waals surface area contributed by atoms with E-state index in [0.717, 1.165) is 28.2 Å². The molecule has 136 valence electrons. The van der Waals surface area contributed by atoms with Crippen molar-refractivity contribution in [2.24, 2.45) is 0 Å². The van der Waals surface area contributed by atoms with Crippen molar-refractivity contribution < 1.29 is 9.15 Å². The Labute approximate surface area is 161 Å². The van der Waals surface area contributed by atoms with Crippen LogP contribution in [0, 0.1) is 0 Å². The number of hydrogen-bond acceptors (Lipinski definition) is 6. The van der Waals surface area contributed by atoms with E-state index in [4.69, 9.17) is 20.8 Å². The van der Waals surface area contributed by atoms with Gasteiger partial charge in [-0.3, -0.25) is 0 Å². The van der Waals surface area contributed by atoms with Crippen LogP contribution in [0.2, 0.25) is 5.02 Å². The van der Waals surface area contributed by atoms with Crippen LogP contribution in [0.25, 0.3) is 10.9 Å². The number of furan rings is 1. The van der Waals surface area contributed by atoms with E-state index in [0.29, 0.717) is 23.3 Å². The number of halogens is 1. The van der Waals surface area contributed by atoms with Crippen molar-refractivity contribution in [3.63, 3.8) is 0 Å². The number of hydrogen-bond donors (Lipinski definition) is 2. The molecule has 0 aliphatic heterocycles. The second kappa shape index (κ2) is 7.55. The SMILES string of the molecule is COc1ccc(Nc2nc(NCc3ccco3)c3ccccc3n2)cc1Cl. The molecule has 2 aromatic carbocycles. The first-order chi connectivity index (χ1) is 13.2. The van der Waals surface area contributed by atoms with E-state index in [-0.39, 0.29) is 0 Å². The Balaban J connectivity index is 1.65. The first kappa shape index (κ1) is 17.2. The van der Waals surface area contributed by atoms with Crippen LogP contribution in [0.3, 0.4) is 0 Å². The van der Waals surface area contributed by atoms with Gasteiger partial charge in [-0.2, -0.15) is 4.98 Å². The molecule has 4 aromatic rings. The van der Waals surface area contributed by atoms with Gasteiger partial charge in [0.1, 0.15) is 17.3 Å². The predicted molar refractivity (Wildman–Crippen MR) is 107 cm³/mol. The highest BCUT2D eigenvalue weighted by atomic mass is 35.5. The van der Waals surface area contributed by atoms with E-state index in [1.54, 1.807) is 25.5 Å². The van der Waals surface area contributed by atoms with Gasteiger partial charge in [-0.15, -0.1) is 0 Å². The molecule has 4 rings (SSSR count). The number of para-hydroxylation sites is 1. The molecular weight excluding hydrogens is 364 g/mol. The number of benzene rings is 2. The summed E-state index contributed by atoms with van der Waals surface area (Å²) in [6.45, 7) is 0.530. The van der Waals surface area contributed by atoms with Crippen molar-refractivity contribution >= 4 is 40.0 Å². The highest BCUT2D eigenvalue weighted by molar-refractivity contribution is 6.32. The largest absolute Gasteiger partial charge is 0.495 e. The van der Waals surface area contributed by atoms with Gasteiger partial charge in [0.2, 0.25) is 5.95 Å². The van der Waals surface area contributed by atoms with Gasteiger partial charge in [-0.1, -0.05) is 23.7 Å². The summed E-state index contributed by atoms with van der Waals surface area (Å²) in [6.07, 6.45) is 1.65. The zero-order valence-corrected chi connectivity index (χ0v) is 15.3. The molecule has 0 amide bonds. The van der Waals surface area contributed by atoms with E-state index >= 15 is 0 Å². The van der Waals surface area contributed by atoms with Crippen molar-refractivity contribution in [1.82, 2.24) is 9.97 Å². The first-order valence-corrected chi connectivity index (χ1v) is 8.74. The lowest BCUT2D eigenvalue weighted by atomic mass is 10.2. The lowest BCUT2D eigenvalue weighted by Gasteiger charge is -2.12. The first-order valence-electron chi connectivity index (χ1n) is 8.36. The quantitative estimate of drug-likeness (QED) is 0.476.